The van der Waals surface area contributed by atoms with Gasteiger partial charge in [0.15, 0.2) is 5.82 Å². The molecule has 1 aromatic heterocycles. The zero-order valence-corrected chi connectivity index (χ0v) is 13.8. The second kappa shape index (κ2) is 6.03. The number of aromatic nitrogens is 4. The number of rotatable bonds is 5. The SMILES string of the molecule is COc1ccc(OC)c2c1CN(Cc1nnnn1C1CC1)C[C@@H]2O. The molecule has 1 aliphatic heterocycles. The van der Waals surface area contributed by atoms with E-state index < -0.39 is 6.10 Å². The fraction of sp³-hybridized carbons (Fsp3) is 0.562. The topological polar surface area (TPSA) is 85.5 Å². The van der Waals surface area contributed by atoms with Crippen molar-refractivity contribution in [1.82, 2.24) is 25.1 Å². The number of hydrogen-bond donors (Lipinski definition) is 1. The van der Waals surface area contributed by atoms with Crippen LogP contribution < -0.4 is 9.47 Å². The first-order valence-electron chi connectivity index (χ1n) is 8.12. The Morgan fingerprint density at radius 1 is 1.21 bits per heavy atom. The maximum absolute atomic E-state index is 10.6. The van der Waals surface area contributed by atoms with Gasteiger partial charge >= 0.3 is 0 Å². The largest absolute Gasteiger partial charge is 0.496 e. The average Bonchev–Trinajstić information content (AvgIpc) is 3.33. The van der Waals surface area contributed by atoms with Crippen molar-refractivity contribution in [2.75, 3.05) is 20.8 Å². The van der Waals surface area contributed by atoms with Crippen LogP contribution in [0.25, 0.3) is 0 Å². The van der Waals surface area contributed by atoms with Crippen molar-refractivity contribution < 1.29 is 14.6 Å². The summed E-state index contributed by atoms with van der Waals surface area (Å²) in [7, 11) is 3.26. The molecule has 0 amide bonds. The molecule has 1 aromatic carbocycles. The van der Waals surface area contributed by atoms with Crippen molar-refractivity contribution in [3.05, 3.63) is 29.1 Å². The predicted molar refractivity (Wildman–Crippen MR) is 84.7 cm³/mol. The zero-order chi connectivity index (χ0) is 16.7. The van der Waals surface area contributed by atoms with E-state index in [9.17, 15) is 5.11 Å². The van der Waals surface area contributed by atoms with Gasteiger partial charge < -0.3 is 14.6 Å². The first kappa shape index (κ1) is 15.3. The molecule has 128 valence electrons. The average molecular weight is 331 g/mol. The van der Waals surface area contributed by atoms with Gasteiger partial charge in [-0.15, -0.1) is 5.10 Å². The standard InChI is InChI=1S/C16H21N5O3/c1-23-13-5-6-14(24-2)16-11(13)7-20(8-12(16)22)9-15-17-18-19-21(15)10-3-4-10/h5-6,10,12,22H,3-4,7-9H2,1-2H3/t12-/m0/s1. The number of methoxy groups -OCH3 is 2. The molecular weight excluding hydrogens is 310 g/mol. The van der Waals surface area contributed by atoms with Gasteiger partial charge in [-0.1, -0.05) is 0 Å². The minimum Gasteiger partial charge on any atom is -0.496 e. The van der Waals surface area contributed by atoms with E-state index in [-0.39, 0.29) is 0 Å². The Bertz CT molecular complexity index is 743. The lowest BCUT2D eigenvalue weighted by Gasteiger charge is -2.33. The van der Waals surface area contributed by atoms with E-state index in [0.717, 1.165) is 35.5 Å². The van der Waals surface area contributed by atoms with Crippen molar-refractivity contribution in [3.8, 4) is 11.5 Å². The second-order valence-electron chi connectivity index (χ2n) is 6.32. The molecular formula is C16H21N5O3. The normalized spacial score (nSPS) is 20.7. The van der Waals surface area contributed by atoms with Crippen LogP contribution in [0.4, 0.5) is 0 Å². The zero-order valence-electron chi connectivity index (χ0n) is 13.8. The van der Waals surface area contributed by atoms with E-state index in [1.54, 1.807) is 14.2 Å². The molecule has 2 aromatic rings. The minimum atomic E-state index is -0.635. The summed E-state index contributed by atoms with van der Waals surface area (Å²) in [5, 5.41) is 22.7. The highest BCUT2D eigenvalue weighted by Gasteiger charge is 2.32. The lowest BCUT2D eigenvalue weighted by molar-refractivity contribution is 0.0819. The van der Waals surface area contributed by atoms with Gasteiger partial charge in [0, 0.05) is 24.2 Å². The van der Waals surface area contributed by atoms with Crippen molar-refractivity contribution in [2.45, 2.75) is 38.1 Å². The molecule has 1 saturated carbocycles. The van der Waals surface area contributed by atoms with E-state index in [2.05, 4.69) is 20.4 Å². The summed E-state index contributed by atoms with van der Waals surface area (Å²) in [6.07, 6.45) is 1.63. The Labute approximate surface area is 140 Å². The molecule has 1 fully saturated rings. The van der Waals surface area contributed by atoms with Gasteiger partial charge in [0.05, 0.1) is 32.9 Å². The van der Waals surface area contributed by atoms with Crippen LogP contribution in [0.5, 0.6) is 11.5 Å². The Morgan fingerprint density at radius 2 is 1.96 bits per heavy atom. The molecule has 0 saturated heterocycles. The Morgan fingerprint density at radius 3 is 2.67 bits per heavy atom. The summed E-state index contributed by atoms with van der Waals surface area (Å²) >= 11 is 0. The number of tetrazole rings is 1. The molecule has 1 atom stereocenters. The van der Waals surface area contributed by atoms with Crippen molar-refractivity contribution in [2.24, 2.45) is 0 Å². The van der Waals surface area contributed by atoms with Gasteiger partial charge in [-0.25, -0.2) is 4.68 Å². The summed E-state index contributed by atoms with van der Waals surface area (Å²) in [4.78, 5) is 2.14. The molecule has 0 radical (unpaired) electrons. The fourth-order valence-electron chi connectivity index (χ4n) is 3.38. The molecule has 1 aliphatic carbocycles. The number of fused-ring (bicyclic) bond motifs is 1. The molecule has 8 heteroatoms. The monoisotopic (exact) mass is 331 g/mol. The molecule has 0 bridgehead atoms. The van der Waals surface area contributed by atoms with Crippen molar-refractivity contribution in [1.29, 1.82) is 0 Å². The van der Waals surface area contributed by atoms with E-state index >= 15 is 0 Å². The maximum atomic E-state index is 10.6. The maximum Gasteiger partial charge on any atom is 0.165 e. The highest BCUT2D eigenvalue weighted by Crippen LogP contribution is 2.40. The Hall–Kier alpha value is -2.19. The summed E-state index contributed by atoms with van der Waals surface area (Å²) in [6, 6.07) is 4.15. The van der Waals surface area contributed by atoms with E-state index in [0.29, 0.717) is 31.4 Å². The molecule has 0 spiro atoms. The van der Waals surface area contributed by atoms with E-state index in [4.69, 9.17) is 9.47 Å². The number of ether oxygens (including phenoxy) is 2. The number of β-amino-alcohol motifs (C(OH)–C–C–N with tert-alkyl or cyclic N) is 1. The van der Waals surface area contributed by atoms with Gasteiger partial charge in [-0.3, -0.25) is 4.90 Å². The fourth-order valence-corrected chi connectivity index (χ4v) is 3.38. The number of nitrogens with zero attached hydrogens (tertiary/aromatic N) is 5. The van der Waals surface area contributed by atoms with E-state index in [1.165, 1.54) is 0 Å². The summed E-state index contributed by atoms with van der Waals surface area (Å²) < 4.78 is 12.8. The van der Waals surface area contributed by atoms with Gasteiger partial charge in [0.2, 0.25) is 0 Å². The molecule has 8 nitrogen and oxygen atoms in total. The number of aliphatic hydroxyl groups excluding tert-OH is 1. The van der Waals surface area contributed by atoms with Crippen LogP contribution >= 0.6 is 0 Å². The number of hydrogen-bond acceptors (Lipinski definition) is 7. The molecule has 2 heterocycles. The molecule has 2 aliphatic rings. The van der Waals surface area contributed by atoms with E-state index in [1.807, 2.05) is 16.8 Å². The van der Waals surface area contributed by atoms with Crippen LogP contribution in [0.2, 0.25) is 0 Å². The van der Waals surface area contributed by atoms with Gasteiger partial charge in [-0.05, 0) is 35.4 Å². The third-order valence-corrected chi connectivity index (χ3v) is 4.68. The predicted octanol–water partition coefficient (Wildman–Crippen LogP) is 1.07. The molecule has 1 N–H and O–H groups in total. The van der Waals surface area contributed by atoms with Crippen LogP contribution in [0.3, 0.4) is 0 Å². The Kier molecular flexibility index (Phi) is 3.85. The highest BCUT2D eigenvalue weighted by atomic mass is 16.5. The smallest absolute Gasteiger partial charge is 0.165 e. The molecule has 4 rings (SSSR count). The molecule has 24 heavy (non-hydrogen) atoms. The van der Waals surface area contributed by atoms with Crippen LogP contribution in [0.15, 0.2) is 12.1 Å². The summed E-state index contributed by atoms with van der Waals surface area (Å²) in [5.41, 5.74) is 1.77. The first-order chi connectivity index (χ1) is 11.7. The van der Waals surface area contributed by atoms with Gasteiger partial charge in [0.25, 0.3) is 0 Å². The van der Waals surface area contributed by atoms with Gasteiger partial charge in [-0.2, -0.15) is 0 Å². The molecule has 0 unspecified atom stereocenters. The van der Waals surface area contributed by atoms with Crippen LogP contribution in [0.1, 0.15) is 41.9 Å². The lowest BCUT2D eigenvalue weighted by atomic mass is 9.95. The third kappa shape index (κ3) is 2.61. The summed E-state index contributed by atoms with van der Waals surface area (Å²) in [5.74, 6) is 2.30. The van der Waals surface area contributed by atoms with Crippen LogP contribution in [-0.4, -0.2) is 51.0 Å². The van der Waals surface area contributed by atoms with Crippen molar-refractivity contribution in [3.63, 3.8) is 0 Å². The van der Waals surface area contributed by atoms with Crippen molar-refractivity contribution >= 4 is 0 Å². The number of aliphatic hydroxyl groups is 1. The second-order valence-corrected chi connectivity index (χ2v) is 6.32. The quantitative estimate of drug-likeness (QED) is 0.877. The number of benzene rings is 1. The summed E-state index contributed by atoms with van der Waals surface area (Å²) in [6.45, 7) is 1.76. The lowest BCUT2D eigenvalue weighted by Crippen LogP contribution is -2.34. The third-order valence-electron chi connectivity index (χ3n) is 4.68. The van der Waals surface area contributed by atoms with Gasteiger partial charge in [0.1, 0.15) is 11.5 Å². The minimum absolute atomic E-state index is 0.437. The van der Waals surface area contributed by atoms with Crippen LogP contribution in [-0.2, 0) is 13.1 Å². The first-order valence-corrected chi connectivity index (χ1v) is 8.12. The highest BCUT2D eigenvalue weighted by molar-refractivity contribution is 5.51. The Balaban J connectivity index is 1.62. The van der Waals surface area contributed by atoms with Crippen LogP contribution in [0, 0.1) is 0 Å².